The fourth-order valence-electron chi connectivity index (χ4n) is 1.91. The van der Waals surface area contributed by atoms with Gasteiger partial charge in [0.05, 0.1) is 0 Å². The van der Waals surface area contributed by atoms with Gasteiger partial charge in [-0.3, -0.25) is 0 Å². The molecule has 1 aromatic rings. The Bertz CT molecular complexity index is 412. The molecule has 14 heavy (non-hydrogen) atoms. The van der Waals surface area contributed by atoms with E-state index in [1.165, 1.54) is 6.07 Å². The van der Waals surface area contributed by atoms with Crippen molar-refractivity contribution in [3.8, 4) is 5.75 Å². The van der Waals surface area contributed by atoms with Crippen LogP contribution in [-0.2, 0) is 6.54 Å². The zero-order valence-corrected chi connectivity index (χ0v) is 8.21. The van der Waals surface area contributed by atoms with Gasteiger partial charge < -0.3 is 10.0 Å². The largest absolute Gasteiger partial charge is 0.505 e. The highest BCUT2D eigenvalue weighted by Gasteiger charge is 2.25. The molecule has 0 unspecified atom stereocenters. The van der Waals surface area contributed by atoms with Crippen molar-refractivity contribution in [1.29, 1.82) is 0 Å². The minimum absolute atomic E-state index is 0.279. The van der Waals surface area contributed by atoms with Gasteiger partial charge in [0.15, 0.2) is 11.6 Å². The quantitative estimate of drug-likeness (QED) is 0.683. The Labute approximate surface area is 82.3 Å². The molecule has 1 N–H and O–H groups in total. The normalized spacial score (nSPS) is 17.6. The van der Waals surface area contributed by atoms with Crippen LogP contribution in [0.15, 0.2) is 18.2 Å². The first kappa shape index (κ1) is 9.06. The highest BCUT2D eigenvalue weighted by Crippen LogP contribution is 2.36. The lowest BCUT2D eigenvalue weighted by molar-refractivity contribution is 0.431. The minimum atomic E-state index is -0.514. The average molecular weight is 193 g/mol. The summed E-state index contributed by atoms with van der Waals surface area (Å²) in [7, 11) is 1.91. The molecule has 2 rings (SSSR count). The van der Waals surface area contributed by atoms with Gasteiger partial charge in [0, 0.05) is 24.9 Å². The summed E-state index contributed by atoms with van der Waals surface area (Å²) in [5.41, 5.74) is 2.30. The lowest BCUT2D eigenvalue weighted by atomic mass is 10.1. The number of hydrogen-bond acceptors (Lipinski definition) is 2. The molecule has 74 valence electrons. The van der Waals surface area contributed by atoms with E-state index in [4.69, 9.17) is 0 Å². The Kier molecular flexibility index (Phi) is 1.95. The van der Waals surface area contributed by atoms with Crippen LogP contribution >= 0.6 is 0 Å². The van der Waals surface area contributed by atoms with E-state index in [0.29, 0.717) is 12.1 Å². The molecular weight excluding hydrogens is 181 g/mol. The third kappa shape index (κ3) is 1.09. The fraction of sp³-hybridized carbons (Fsp3) is 0.273. The van der Waals surface area contributed by atoms with Crippen molar-refractivity contribution < 1.29 is 9.50 Å². The third-order valence-corrected chi connectivity index (χ3v) is 2.56. The molecule has 0 atom stereocenters. The minimum Gasteiger partial charge on any atom is -0.505 e. The van der Waals surface area contributed by atoms with E-state index in [9.17, 15) is 9.50 Å². The first-order chi connectivity index (χ1) is 6.65. The zero-order valence-electron chi connectivity index (χ0n) is 8.21. The predicted molar refractivity (Wildman–Crippen MR) is 53.2 cm³/mol. The number of allylic oxidation sites excluding steroid dienone is 1. The molecule has 1 heterocycles. The molecule has 0 spiro atoms. The summed E-state index contributed by atoms with van der Waals surface area (Å²) in [6, 6.07) is 3.17. The third-order valence-electron chi connectivity index (χ3n) is 2.56. The van der Waals surface area contributed by atoms with Crippen LogP contribution in [0.2, 0.25) is 0 Å². The van der Waals surface area contributed by atoms with Crippen LogP contribution in [-0.4, -0.2) is 17.1 Å². The number of fused-ring (bicyclic) bond motifs is 1. The summed E-state index contributed by atoms with van der Waals surface area (Å²) in [5.74, 6) is -0.793. The standard InChI is InChI=1S/C11H12FNO/c1-3-8-10-7(6-13(8)2)4-5-9(14)11(10)12/h3-5,14H,6H2,1-2H3/b8-3+. The van der Waals surface area contributed by atoms with Gasteiger partial charge in [-0.15, -0.1) is 0 Å². The number of phenolic OH excluding ortho intramolecular Hbond substituents is 1. The van der Waals surface area contributed by atoms with Crippen molar-refractivity contribution in [3.63, 3.8) is 0 Å². The predicted octanol–water partition coefficient (Wildman–Crippen LogP) is 2.34. The number of halogens is 1. The molecule has 1 aliphatic heterocycles. The van der Waals surface area contributed by atoms with E-state index in [0.717, 1.165) is 11.3 Å². The van der Waals surface area contributed by atoms with Crippen LogP contribution in [0.5, 0.6) is 5.75 Å². The van der Waals surface area contributed by atoms with Crippen molar-refractivity contribution in [2.45, 2.75) is 13.5 Å². The van der Waals surface area contributed by atoms with Gasteiger partial charge in [0.2, 0.25) is 0 Å². The van der Waals surface area contributed by atoms with Gasteiger partial charge >= 0.3 is 0 Å². The molecule has 0 radical (unpaired) electrons. The number of benzene rings is 1. The summed E-state index contributed by atoms with van der Waals surface area (Å²) in [6.45, 7) is 2.57. The van der Waals surface area contributed by atoms with Crippen molar-refractivity contribution in [2.75, 3.05) is 7.05 Å². The van der Waals surface area contributed by atoms with Crippen molar-refractivity contribution in [3.05, 3.63) is 35.2 Å². The Morgan fingerprint density at radius 2 is 2.21 bits per heavy atom. The molecule has 0 aromatic heterocycles. The lowest BCUT2D eigenvalue weighted by Gasteiger charge is -2.12. The van der Waals surface area contributed by atoms with Gasteiger partial charge in [-0.2, -0.15) is 0 Å². The van der Waals surface area contributed by atoms with Gasteiger partial charge in [0.25, 0.3) is 0 Å². The smallest absolute Gasteiger partial charge is 0.174 e. The van der Waals surface area contributed by atoms with E-state index in [2.05, 4.69) is 0 Å². The molecule has 0 fully saturated rings. The molecular formula is C11H12FNO. The molecule has 1 aromatic carbocycles. The first-order valence-corrected chi connectivity index (χ1v) is 4.53. The highest BCUT2D eigenvalue weighted by atomic mass is 19.1. The molecule has 0 aliphatic carbocycles. The van der Waals surface area contributed by atoms with Crippen LogP contribution in [0.4, 0.5) is 4.39 Å². The Hall–Kier alpha value is -1.51. The number of aromatic hydroxyl groups is 1. The van der Waals surface area contributed by atoms with Crippen molar-refractivity contribution in [1.82, 2.24) is 4.90 Å². The summed E-state index contributed by atoms with van der Waals surface area (Å²) < 4.78 is 13.6. The molecule has 3 heteroatoms. The van der Waals surface area contributed by atoms with Gasteiger partial charge in [0.1, 0.15) is 0 Å². The summed E-state index contributed by atoms with van der Waals surface area (Å²) >= 11 is 0. The Balaban J connectivity index is 2.67. The van der Waals surface area contributed by atoms with Gasteiger partial charge in [-0.1, -0.05) is 12.1 Å². The van der Waals surface area contributed by atoms with Crippen LogP contribution in [0.25, 0.3) is 5.70 Å². The highest BCUT2D eigenvalue weighted by molar-refractivity contribution is 5.72. The maximum Gasteiger partial charge on any atom is 0.174 e. The molecule has 1 aliphatic rings. The summed E-state index contributed by atoms with van der Waals surface area (Å²) in [4.78, 5) is 1.97. The topological polar surface area (TPSA) is 23.5 Å². The van der Waals surface area contributed by atoms with Crippen molar-refractivity contribution >= 4 is 5.70 Å². The lowest BCUT2D eigenvalue weighted by Crippen LogP contribution is -2.07. The van der Waals surface area contributed by atoms with E-state index >= 15 is 0 Å². The number of phenols is 1. The Morgan fingerprint density at radius 3 is 2.86 bits per heavy atom. The van der Waals surface area contributed by atoms with E-state index in [1.807, 2.05) is 24.9 Å². The number of rotatable bonds is 0. The molecule has 0 saturated carbocycles. The molecule has 0 amide bonds. The molecule has 0 saturated heterocycles. The number of hydrogen-bond donors (Lipinski definition) is 1. The second kappa shape index (κ2) is 3.01. The van der Waals surface area contributed by atoms with Gasteiger partial charge in [-0.25, -0.2) is 4.39 Å². The van der Waals surface area contributed by atoms with Crippen LogP contribution in [0, 0.1) is 5.82 Å². The zero-order chi connectivity index (χ0) is 10.3. The Morgan fingerprint density at radius 1 is 1.50 bits per heavy atom. The van der Waals surface area contributed by atoms with Crippen LogP contribution in [0.1, 0.15) is 18.1 Å². The van der Waals surface area contributed by atoms with E-state index < -0.39 is 5.82 Å². The van der Waals surface area contributed by atoms with E-state index in [-0.39, 0.29) is 5.75 Å². The summed E-state index contributed by atoms with van der Waals surface area (Å²) in [5, 5.41) is 9.26. The molecule has 0 bridgehead atoms. The SMILES string of the molecule is C/C=C1\c2c(ccc(O)c2F)CN1C. The fourth-order valence-corrected chi connectivity index (χ4v) is 1.91. The van der Waals surface area contributed by atoms with Crippen molar-refractivity contribution in [2.24, 2.45) is 0 Å². The molecule has 2 nitrogen and oxygen atoms in total. The second-order valence-corrected chi connectivity index (χ2v) is 3.46. The number of nitrogens with zero attached hydrogens (tertiary/aromatic N) is 1. The van der Waals surface area contributed by atoms with E-state index in [1.54, 1.807) is 6.07 Å². The maximum absolute atomic E-state index is 13.6. The average Bonchev–Trinajstić information content (AvgIpc) is 2.48. The van der Waals surface area contributed by atoms with Gasteiger partial charge in [-0.05, 0) is 18.6 Å². The monoisotopic (exact) mass is 193 g/mol. The summed E-state index contributed by atoms with van der Waals surface area (Å²) in [6.07, 6.45) is 1.86. The second-order valence-electron chi connectivity index (χ2n) is 3.46. The van der Waals surface area contributed by atoms with Crippen LogP contribution < -0.4 is 0 Å². The maximum atomic E-state index is 13.6. The van der Waals surface area contributed by atoms with Crippen LogP contribution in [0.3, 0.4) is 0 Å². The first-order valence-electron chi connectivity index (χ1n) is 4.53.